The molecule has 0 bridgehead atoms. The Kier molecular flexibility index (Phi) is 20.4. The summed E-state index contributed by atoms with van der Waals surface area (Å²) < 4.78 is 6.44. The zero-order chi connectivity index (χ0) is 10.7. The summed E-state index contributed by atoms with van der Waals surface area (Å²) in [5.74, 6) is 0. The molecule has 0 saturated heterocycles. The molecule has 0 aromatic carbocycles. The van der Waals surface area contributed by atoms with Crippen LogP contribution in [0.2, 0.25) is 0 Å². The molecule has 0 aliphatic rings. The molecule has 2 N–H and O–H groups in total. The van der Waals surface area contributed by atoms with Crippen molar-refractivity contribution in [3.05, 3.63) is 0 Å². The van der Waals surface area contributed by atoms with Crippen LogP contribution in [-0.2, 0) is 9.47 Å². The minimum atomic E-state index is 0.548. The van der Waals surface area contributed by atoms with Gasteiger partial charge in [-0.2, -0.15) is 0 Å². The average molecular weight is 485 g/mol. The fraction of sp³-hybridized carbons (Fsp3) is 1.00. The van der Waals surface area contributed by atoms with Crippen molar-refractivity contribution in [3.63, 3.8) is 0 Å². The Morgan fingerprint density at radius 3 is 1.31 bits per heavy atom. The summed E-state index contributed by atoms with van der Waals surface area (Å²) in [5.41, 5.74) is 0. The Labute approximate surface area is 119 Å². The van der Waals surface area contributed by atoms with E-state index in [2.05, 4.69) is 77.1 Å². The minimum absolute atomic E-state index is 0.548. The van der Waals surface area contributed by atoms with E-state index in [9.17, 15) is 0 Å². The van der Waals surface area contributed by atoms with Crippen molar-refractivity contribution in [1.29, 1.82) is 0 Å². The van der Waals surface area contributed by atoms with Gasteiger partial charge in [0.2, 0.25) is 0 Å². The monoisotopic (exact) mass is 485 g/mol. The van der Waals surface area contributed by atoms with Gasteiger partial charge in [0.25, 0.3) is 0 Å². The number of hydrogen-bond acceptors (Lipinski definition) is 4. The van der Waals surface area contributed by atoms with Gasteiger partial charge in [-0.3, -0.25) is 9.44 Å². The van der Waals surface area contributed by atoms with Gasteiger partial charge in [0, 0.05) is 34.0 Å². The molecule has 0 atom stereocenters. The van der Waals surface area contributed by atoms with Crippen LogP contribution in [0.15, 0.2) is 0 Å². The molecule has 13 heavy (non-hydrogen) atoms. The summed E-state index contributed by atoms with van der Waals surface area (Å²) in [4.78, 5) is 0. The molecule has 0 heterocycles. The van der Waals surface area contributed by atoms with Gasteiger partial charge >= 0.3 is 49.4 Å². The van der Waals surface area contributed by atoms with Crippen LogP contribution in [0.25, 0.3) is 0 Å². The van der Waals surface area contributed by atoms with E-state index in [1.54, 1.807) is 22.0 Å². The molecule has 0 radical (unpaired) electrons. The molecule has 0 aromatic rings. The fourth-order valence-corrected chi connectivity index (χ4v) is 2.17. The first-order chi connectivity index (χ1) is 6.04. The SMILES string of the molecule is CC(C)NSSNC(C)C.[I][V][I]. The maximum atomic E-state index is 3.22. The van der Waals surface area contributed by atoms with Crippen molar-refractivity contribution >= 4 is 61.9 Å². The molecule has 0 rings (SSSR count). The molecule has 0 aliphatic heterocycles. The summed E-state index contributed by atoms with van der Waals surface area (Å²) in [7, 11) is 3.92. The molecule has 2 nitrogen and oxygen atoms in total. The molecular formula is C6H16I2N2S2V. The maximum absolute atomic E-state index is 3.22. The molecule has 0 fully saturated rings. The van der Waals surface area contributed by atoms with Crippen molar-refractivity contribution in [3.8, 4) is 0 Å². The first-order valence-electron chi connectivity index (χ1n) is 3.80. The van der Waals surface area contributed by atoms with Crippen LogP contribution in [0, 0.1) is 0 Å². The first kappa shape index (κ1) is 18.0. The molecule has 0 saturated carbocycles. The van der Waals surface area contributed by atoms with E-state index in [1.807, 2.05) is 0 Å². The first-order valence-corrected chi connectivity index (χ1v) is 15.0. The van der Waals surface area contributed by atoms with Crippen molar-refractivity contribution < 1.29 is 9.47 Å². The third kappa shape index (κ3) is 25.2. The Bertz CT molecular complexity index is 88.7. The Morgan fingerprint density at radius 2 is 1.15 bits per heavy atom. The molecule has 81 valence electrons. The second-order valence-corrected chi connectivity index (χ2v) is 16.4. The number of rotatable bonds is 5. The normalized spacial score (nSPS) is 9.85. The molecule has 0 aliphatic carbocycles. The summed E-state index contributed by atoms with van der Waals surface area (Å²) in [6.45, 7) is 8.51. The molecular weight excluding hydrogens is 469 g/mol. The van der Waals surface area contributed by atoms with Crippen LogP contribution >= 0.6 is 61.9 Å². The summed E-state index contributed by atoms with van der Waals surface area (Å²) in [5, 5.41) is 0. The van der Waals surface area contributed by atoms with Gasteiger partial charge in [0.15, 0.2) is 0 Å². The van der Waals surface area contributed by atoms with Crippen molar-refractivity contribution in [1.82, 2.24) is 9.44 Å². The fourth-order valence-electron chi connectivity index (χ4n) is 0.241. The number of nitrogens with one attached hydrogen (secondary N) is 2. The van der Waals surface area contributed by atoms with Crippen LogP contribution in [0.1, 0.15) is 27.7 Å². The Hall–Kier alpha value is 2.66. The Balaban J connectivity index is 0. The second kappa shape index (κ2) is 14.7. The topological polar surface area (TPSA) is 24.1 Å². The third-order valence-corrected chi connectivity index (χ3v) is 2.66. The van der Waals surface area contributed by atoms with Gasteiger partial charge in [-0.05, 0) is 27.7 Å². The quantitative estimate of drug-likeness (QED) is 0.267. The van der Waals surface area contributed by atoms with Gasteiger partial charge in [-0.25, -0.2) is 0 Å². The summed E-state index contributed by atoms with van der Waals surface area (Å²) in [6.07, 6.45) is 0. The van der Waals surface area contributed by atoms with Crippen LogP contribution in [0.3, 0.4) is 0 Å². The average Bonchev–Trinajstić information content (AvgIpc) is 1.99. The van der Waals surface area contributed by atoms with E-state index in [0.29, 0.717) is 21.5 Å². The zero-order valence-corrected chi connectivity index (χ0v) is 15.5. The van der Waals surface area contributed by atoms with Gasteiger partial charge in [-0.15, -0.1) is 0 Å². The second-order valence-electron chi connectivity index (χ2n) is 2.78. The molecule has 0 spiro atoms. The van der Waals surface area contributed by atoms with Crippen LogP contribution in [0.4, 0.5) is 0 Å². The molecule has 0 amide bonds. The van der Waals surface area contributed by atoms with E-state index in [0.717, 1.165) is 0 Å². The van der Waals surface area contributed by atoms with Crippen molar-refractivity contribution in [2.75, 3.05) is 0 Å². The van der Waals surface area contributed by atoms with E-state index in [1.165, 1.54) is 0 Å². The van der Waals surface area contributed by atoms with Gasteiger partial charge in [0.05, 0.1) is 0 Å². The van der Waals surface area contributed by atoms with Crippen LogP contribution in [-0.4, -0.2) is 12.1 Å². The summed E-state index contributed by atoms with van der Waals surface area (Å²) >= 11 is 4.74. The molecule has 7 heteroatoms. The van der Waals surface area contributed by atoms with E-state index in [-0.39, 0.29) is 0 Å². The number of halogens is 2. The number of hydrogen-bond donors (Lipinski definition) is 2. The van der Waals surface area contributed by atoms with Gasteiger partial charge in [-0.1, -0.05) is 0 Å². The standard InChI is InChI=1S/C6H16N2S2.2HI.V/c1-5(2)7-9-10-8-6(3)4;;;/h5-8H,1-4H3;2*1H;/q;;;+2/p-2. The van der Waals surface area contributed by atoms with Crippen LogP contribution in [0.5, 0.6) is 0 Å². The van der Waals surface area contributed by atoms with E-state index >= 15 is 0 Å². The van der Waals surface area contributed by atoms with Gasteiger partial charge < -0.3 is 0 Å². The summed E-state index contributed by atoms with van der Waals surface area (Å²) in [6, 6.07) is 1.10. The zero-order valence-electron chi connectivity index (χ0n) is 8.17. The van der Waals surface area contributed by atoms with Crippen molar-refractivity contribution in [2.24, 2.45) is 0 Å². The third-order valence-electron chi connectivity index (χ3n) is 0.609. The Morgan fingerprint density at radius 1 is 0.923 bits per heavy atom. The molecule has 0 aromatic heterocycles. The predicted molar refractivity (Wildman–Crippen MR) is 79.8 cm³/mol. The predicted octanol–water partition coefficient (Wildman–Crippen LogP) is 3.96. The van der Waals surface area contributed by atoms with Gasteiger partial charge in [0.1, 0.15) is 0 Å². The molecule has 0 unspecified atom stereocenters. The van der Waals surface area contributed by atoms with Crippen LogP contribution < -0.4 is 9.44 Å². The van der Waals surface area contributed by atoms with E-state index < -0.39 is 0 Å². The van der Waals surface area contributed by atoms with Crippen molar-refractivity contribution in [2.45, 2.75) is 39.8 Å². The van der Waals surface area contributed by atoms with E-state index in [4.69, 9.17) is 0 Å².